The summed E-state index contributed by atoms with van der Waals surface area (Å²) in [5, 5.41) is 0. The molecule has 0 radical (unpaired) electrons. The number of likely N-dealkylation sites (tertiary alicyclic amines) is 1. The van der Waals surface area contributed by atoms with Gasteiger partial charge < -0.3 is 5.73 Å². The van der Waals surface area contributed by atoms with Crippen molar-refractivity contribution >= 4 is 0 Å². The molecule has 0 bridgehead atoms. The lowest BCUT2D eigenvalue weighted by molar-refractivity contribution is 0.108. The Morgan fingerprint density at radius 3 is 2.32 bits per heavy atom. The minimum Gasteiger partial charge on any atom is -0.323 e. The second-order valence-corrected chi connectivity index (χ2v) is 6.91. The molecule has 2 N–H and O–H groups in total. The van der Waals surface area contributed by atoms with E-state index in [-0.39, 0.29) is 11.6 Å². The summed E-state index contributed by atoms with van der Waals surface area (Å²) in [6.07, 6.45) is 14.4. The van der Waals surface area contributed by atoms with Gasteiger partial charge >= 0.3 is 0 Å². The van der Waals surface area contributed by atoms with Gasteiger partial charge in [0.1, 0.15) is 0 Å². The summed E-state index contributed by atoms with van der Waals surface area (Å²) < 4.78 is 0. The SMILES string of the molecule is CC(C)(C(N)C1=CCCCCC1)N1CCCCCC1. The fraction of sp³-hybridized carbons (Fsp3) is 0.882. The van der Waals surface area contributed by atoms with Crippen molar-refractivity contribution in [2.24, 2.45) is 5.73 Å². The van der Waals surface area contributed by atoms with E-state index in [1.165, 1.54) is 76.5 Å². The summed E-state index contributed by atoms with van der Waals surface area (Å²) >= 11 is 0. The van der Waals surface area contributed by atoms with Gasteiger partial charge in [-0.15, -0.1) is 0 Å². The smallest absolute Gasteiger partial charge is 0.0435 e. The van der Waals surface area contributed by atoms with E-state index in [1.54, 1.807) is 0 Å². The molecule has 1 aliphatic heterocycles. The molecule has 0 saturated carbocycles. The van der Waals surface area contributed by atoms with Crippen LogP contribution in [0.4, 0.5) is 0 Å². The Morgan fingerprint density at radius 2 is 1.63 bits per heavy atom. The Morgan fingerprint density at radius 1 is 1.00 bits per heavy atom. The molecule has 1 saturated heterocycles. The zero-order valence-corrected chi connectivity index (χ0v) is 13.0. The molecule has 1 unspecified atom stereocenters. The molecule has 2 nitrogen and oxygen atoms in total. The largest absolute Gasteiger partial charge is 0.323 e. The minimum absolute atomic E-state index is 0.112. The van der Waals surface area contributed by atoms with Crippen LogP contribution >= 0.6 is 0 Å². The second-order valence-electron chi connectivity index (χ2n) is 6.91. The normalized spacial score (nSPS) is 25.3. The highest BCUT2D eigenvalue weighted by molar-refractivity contribution is 5.18. The van der Waals surface area contributed by atoms with Crippen LogP contribution in [0.1, 0.15) is 71.6 Å². The highest BCUT2D eigenvalue weighted by atomic mass is 15.2. The second kappa shape index (κ2) is 6.90. The molecule has 2 rings (SSSR count). The van der Waals surface area contributed by atoms with Crippen molar-refractivity contribution in [1.82, 2.24) is 4.90 Å². The zero-order chi connectivity index (χ0) is 13.7. The fourth-order valence-corrected chi connectivity index (χ4v) is 3.62. The molecule has 1 heterocycles. The fourth-order valence-electron chi connectivity index (χ4n) is 3.62. The standard InChI is InChI=1S/C17H32N2/c1-17(2,19-13-9-5-6-10-14-19)16(18)15-11-7-3-4-8-12-15/h11,16H,3-10,12-14,18H2,1-2H3. The summed E-state index contributed by atoms with van der Waals surface area (Å²) in [7, 11) is 0. The zero-order valence-electron chi connectivity index (χ0n) is 13.0. The lowest BCUT2D eigenvalue weighted by atomic mass is 9.85. The molecule has 0 spiro atoms. The molecule has 0 aromatic heterocycles. The Balaban J connectivity index is 2.05. The topological polar surface area (TPSA) is 29.3 Å². The number of rotatable bonds is 3. The van der Waals surface area contributed by atoms with E-state index in [9.17, 15) is 0 Å². The highest BCUT2D eigenvalue weighted by Gasteiger charge is 2.35. The molecular weight excluding hydrogens is 232 g/mol. The number of nitrogens with two attached hydrogens (primary N) is 1. The molecular formula is C17H32N2. The van der Waals surface area contributed by atoms with Gasteiger partial charge in [0.25, 0.3) is 0 Å². The quantitative estimate of drug-likeness (QED) is 0.784. The first-order valence-corrected chi connectivity index (χ1v) is 8.32. The van der Waals surface area contributed by atoms with Crippen molar-refractivity contribution in [2.45, 2.75) is 83.2 Å². The van der Waals surface area contributed by atoms with E-state index in [1.807, 2.05) is 0 Å². The van der Waals surface area contributed by atoms with E-state index >= 15 is 0 Å². The van der Waals surface area contributed by atoms with Gasteiger partial charge in [0.05, 0.1) is 0 Å². The van der Waals surface area contributed by atoms with Gasteiger partial charge in [-0.2, -0.15) is 0 Å². The van der Waals surface area contributed by atoms with Crippen LogP contribution in [0.3, 0.4) is 0 Å². The molecule has 2 aliphatic rings. The third kappa shape index (κ3) is 3.82. The van der Waals surface area contributed by atoms with Crippen molar-refractivity contribution in [3.05, 3.63) is 11.6 Å². The molecule has 110 valence electrons. The number of nitrogens with zero attached hydrogens (tertiary/aromatic N) is 1. The van der Waals surface area contributed by atoms with E-state index in [4.69, 9.17) is 5.73 Å². The van der Waals surface area contributed by atoms with Gasteiger partial charge in [-0.25, -0.2) is 0 Å². The average molecular weight is 264 g/mol. The first-order valence-electron chi connectivity index (χ1n) is 8.32. The third-order valence-corrected chi connectivity index (χ3v) is 5.16. The Kier molecular flexibility index (Phi) is 5.47. The summed E-state index contributed by atoms with van der Waals surface area (Å²) in [6.45, 7) is 7.17. The van der Waals surface area contributed by atoms with Crippen LogP contribution in [0.15, 0.2) is 11.6 Å². The predicted octanol–water partition coefficient (Wildman–Crippen LogP) is 3.86. The number of hydrogen-bond acceptors (Lipinski definition) is 2. The summed E-state index contributed by atoms with van der Waals surface area (Å²) in [6, 6.07) is 0.212. The van der Waals surface area contributed by atoms with Gasteiger partial charge in [-0.1, -0.05) is 30.9 Å². The highest BCUT2D eigenvalue weighted by Crippen LogP contribution is 2.29. The van der Waals surface area contributed by atoms with Crippen LogP contribution in [0.2, 0.25) is 0 Å². The maximum atomic E-state index is 6.67. The Labute approximate surface area is 119 Å². The molecule has 0 aromatic carbocycles. The van der Waals surface area contributed by atoms with Crippen LogP contribution in [0.25, 0.3) is 0 Å². The van der Waals surface area contributed by atoms with E-state index in [0.717, 1.165) is 0 Å². The van der Waals surface area contributed by atoms with E-state index in [0.29, 0.717) is 0 Å². The van der Waals surface area contributed by atoms with Crippen LogP contribution in [0, 0.1) is 0 Å². The van der Waals surface area contributed by atoms with E-state index in [2.05, 4.69) is 24.8 Å². The number of allylic oxidation sites excluding steroid dienone is 1. The van der Waals surface area contributed by atoms with Gasteiger partial charge in [-0.05, 0) is 65.5 Å². The lowest BCUT2D eigenvalue weighted by Crippen LogP contribution is -2.57. The van der Waals surface area contributed by atoms with Gasteiger partial charge in [0, 0.05) is 11.6 Å². The predicted molar refractivity (Wildman–Crippen MR) is 83.3 cm³/mol. The van der Waals surface area contributed by atoms with Crippen molar-refractivity contribution in [2.75, 3.05) is 13.1 Å². The van der Waals surface area contributed by atoms with Gasteiger partial charge in [0.15, 0.2) is 0 Å². The third-order valence-electron chi connectivity index (χ3n) is 5.16. The van der Waals surface area contributed by atoms with E-state index < -0.39 is 0 Å². The minimum atomic E-state index is 0.112. The average Bonchev–Trinajstić information content (AvgIpc) is 2.82. The van der Waals surface area contributed by atoms with Gasteiger partial charge in [0.2, 0.25) is 0 Å². The Bertz CT molecular complexity index is 298. The van der Waals surface area contributed by atoms with Crippen LogP contribution in [-0.2, 0) is 0 Å². The van der Waals surface area contributed by atoms with Crippen molar-refractivity contribution < 1.29 is 0 Å². The molecule has 0 aromatic rings. The first kappa shape index (κ1) is 15.1. The van der Waals surface area contributed by atoms with Crippen molar-refractivity contribution in [3.8, 4) is 0 Å². The van der Waals surface area contributed by atoms with Crippen molar-refractivity contribution in [1.29, 1.82) is 0 Å². The van der Waals surface area contributed by atoms with Crippen LogP contribution in [0.5, 0.6) is 0 Å². The molecule has 2 heteroatoms. The molecule has 1 aliphatic carbocycles. The van der Waals surface area contributed by atoms with Gasteiger partial charge in [-0.3, -0.25) is 4.90 Å². The summed E-state index contributed by atoms with van der Waals surface area (Å²) in [5.74, 6) is 0. The summed E-state index contributed by atoms with van der Waals surface area (Å²) in [5.41, 5.74) is 8.30. The monoisotopic (exact) mass is 264 g/mol. The lowest BCUT2D eigenvalue weighted by Gasteiger charge is -2.43. The Hall–Kier alpha value is -0.340. The first-order chi connectivity index (χ1) is 9.12. The molecule has 1 fully saturated rings. The van der Waals surface area contributed by atoms with Crippen LogP contribution in [-0.4, -0.2) is 29.6 Å². The van der Waals surface area contributed by atoms with Crippen LogP contribution < -0.4 is 5.73 Å². The molecule has 1 atom stereocenters. The van der Waals surface area contributed by atoms with Crippen molar-refractivity contribution in [3.63, 3.8) is 0 Å². The maximum absolute atomic E-state index is 6.67. The molecule has 19 heavy (non-hydrogen) atoms. The maximum Gasteiger partial charge on any atom is 0.0435 e. The number of hydrogen-bond donors (Lipinski definition) is 1. The molecule has 0 amide bonds. The summed E-state index contributed by atoms with van der Waals surface area (Å²) in [4.78, 5) is 2.65.